The second kappa shape index (κ2) is 3.94. The van der Waals surface area contributed by atoms with Crippen LogP contribution >= 0.6 is 11.8 Å². The van der Waals surface area contributed by atoms with Crippen molar-refractivity contribution < 1.29 is 0 Å². The van der Waals surface area contributed by atoms with Crippen LogP contribution in [0.25, 0.3) is 0 Å². The van der Waals surface area contributed by atoms with E-state index < -0.39 is 0 Å². The maximum Gasteiger partial charge on any atom is 0.188 e. The van der Waals surface area contributed by atoms with Gasteiger partial charge in [-0.3, -0.25) is 0 Å². The van der Waals surface area contributed by atoms with Crippen molar-refractivity contribution >= 4 is 11.8 Å². The molecule has 1 aromatic heterocycles. The average Bonchev–Trinajstić information content (AvgIpc) is 2.01. The van der Waals surface area contributed by atoms with Gasteiger partial charge in [0.05, 0.1) is 11.8 Å². The molecule has 0 fully saturated rings. The normalized spacial score (nSPS) is 9.09. The van der Waals surface area contributed by atoms with E-state index in [0.29, 0.717) is 10.9 Å². The lowest BCUT2D eigenvalue weighted by Crippen LogP contribution is -1.88. The van der Waals surface area contributed by atoms with Crippen LogP contribution in [0.4, 0.5) is 0 Å². The van der Waals surface area contributed by atoms with Crippen LogP contribution in [0.5, 0.6) is 0 Å². The molecular weight excluding hydrogens is 158 g/mol. The van der Waals surface area contributed by atoms with Crippen LogP contribution in [0.2, 0.25) is 0 Å². The Morgan fingerprint density at radius 3 is 3.18 bits per heavy atom. The Balaban J connectivity index is 2.65. The van der Waals surface area contributed by atoms with Crippen molar-refractivity contribution in [1.29, 1.82) is 5.26 Å². The number of nitrogens with zero attached hydrogens (tertiary/aromatic N) is 3. The highest BCUT2D eigenvalue weighted by molar-refractivity contribution is 7.99. The van der Waals surface area contributed by atoms with E-state index in [1.165, 1.54) is 11.8 Å². The predicted molar refractivity (Wildman–Crippen MR) is 43.1 cm³/mol. The van der Waals surface area contributed by atoms with Crippen molar-refractivity contribution in [3.8, 4) is 6.07 Å². The molecule has 11 heavy (non-hydrogen) atoms. The van der Waals surface area contributed by atoms with Gasteiger partial charge in [-0.25, -0.2) is 9.97 Å². The second-order valence-electron chi connectivity index (χ2n) is 1.93. The topological polar surface area (TPSA) is 49.6 Å². The highest BCUT2D eigenvalue weighted by Gasteiger charge is 1.94. The predicted octanol–water partition coefficient (Wildman–Crippen LogP) is 1.40. The van der Waals surface area contributed by atoms with Gasteiger partial charge in [-0.05, 0) is 13.0 Å². The monoisotopic (exact) mass is 165 g/mol. The summed E-state index contributed by atoms with van der Waals surface area (Å²) in [5.41, 5.74) is 0.931. The Morgan fingerprint density at radius 2 is 2.55 bits per heavy atom. The van der Waals surface area contributed by atoms with Gasteiger partial charge in [0.25, 0.3) is 0 Å². The quantitative estimate of drug-likeness (QED) is 0.491. The van der Waals surface area contributed by atoms with Gasteiger partial charge in [0, 0.05) is 11.9 Å². The van der Waals surface area contributed by atoms with Gasteiger partial charge in [0.15, 0.2) is 5.16 Å². The van der Waals surface area contributed by atoms with Gasteiger partial charge < -0.3 is 0 Å². The minimum absolute atomic E-state index is 0.406. The maximum atomic E-state index is 8.27. The summed E-state index contributed by atoms with van der Waals surface area (Å²) in [6, 6.07) is 3.85. The van der Waals surface area contributed by atoms with Crippen LogP contribution < -0.4 is 0 Å². The molecule has 0 spiro atoms. The minimum atomic E-state index is 0.406. The van der Waals surface area contributed by atoms with Crippen LogP contribution in [-0.4, -0.2) is 15.7 Å². The summed E-state index contributed by atoms with van der Waals surface area (Å²) in [7, 11) is 0. The maximum absolute atomic E-state index is 8.27. The SMILES string of the molecule is Cc1ccnc(SCC#N)n1. The van der Waals surface area contributed by atoms with Crippen LogP contribution in [0.3, 0.4) is 0 Å². The van der Waals surface area contributed by atoms with E-state index in [9.17, 15) is 0 Å². The van der Waals surface area contributed by atoms with E-state index in [2.05, 4.69) is 9.97 Å². The van der Waals surface area contributed by atoms with Crippen molar-refractivity contribution in [2.24, 2.45) is 0 Å². The van der Waals surface area contributed by atoms with Crippen LogP contribution in [0.1, 0.15) is 5.69 Å². The molecule has 4 heteroatoms. The molecule has 0 saturated heterocycles. The fourth-order valence-electron chi connectivity index (χ4n) is 0.592. The summed E-state index contributed by atoms with van der Waals surface area (Å²) in [6.45, 7) is 1.90. The lowest BCUT2D eigenvalue weighted by Gasteiger charge is -1.94. The molecule has 1 aromatic rings. The standard InChI is InChI=1S/C7H7N3S/c1-6-2-4-9-7(10-6)11-5-3-8/h2,4H,5H2,1H3. The molecule has 1 heterocycles. The fourth-order valence-corrected chi connectivity index (χ4v) is 1.13. The Hall–Kier alpha value is -1.08. The van der Waals surface area contributed by atoms with Gasteiger partial charge in [-0.1, -0.05) is 11.8 Å². The summed E-state index contributed by atoms with van der Waals surface area (Å²) in [6.07, 6.45) is 1.70. The molecule has 0 N–H and O–H groups in total. The Labute approximate surface area is 69.5 Å². The number of rotatable bonds is 2. The summed E-state index contributed by atoms with van der Waals surface area (Å²) in [5, 5.41) is 8.94. The van der Waals surface area contributed by atoms with Gasteiger partial charge in [0.2, 0.25) is 0 Å². The first-order chi connectivity index (χ1) is 5.33. The third-order valence-electron chi connectivity index (χ3n) is 1.04. The number of nitriles is 1. The number of aryl methyl sites for hydroxylation is 1. The molecular formula is C7H7N3S. The summed E-state index contributed by atoms with van der Waals surface area (Å²) < 4.78 is 0. The molecule has 0 aliphatic rings. The molecule has 0 amide bonds. The van der Waals surface area contributed by atoms with Crippen molar-refractivity contribution in [2.45, 2.75) is 12.1 Å². The lowest BCUT2D eigenvalue weighted by atomic mass is 10.5. The van der Waals surface area contributed by atoms with Crippen molar-refractivity contribution in [3.63, 3.8) is 0 Å². The van der Waals surface area contributed by atoms with Crippen LogP contribution in [0, 0.1) is 18.3 Å². The van der Waals surface area contributed by atoms with E-state index in [1.54, 1.807) is 6.20 Å². The second-order valence-corrected chi connectivity index (χ2v) is 2.87. The zero-order valence-electron chi connectivity index (χ0n) is 6.11. The molecule has 0 atom stereocenters. The van der Waals surface area contributed by atoms with E-state index >= 15 is 0 Å². The Kier molecular flexibility index (Phi) is 2.87. The molecule has 3 nitrogen and oxygen atoms in total. The summed E-state index contributed by atoms with van der Waals surface area (Å²) in [4.78, 5) is 8.09. The number of hydrogen-bond donors (Lipinski definition) is 0. The summed E-state index contributed by atoms with van der Waals surface area (Å²) in [5.74, 6) is 0.406. The number of thioether (sulfide) groups is 1. The molecule has 1 rings (SSSR count). The molecule has 0 unspecified atom stereocenters. The van der Waals surface area contributed by atoms with Gasteiger partial charge in [0.1, 0.15) is 0 Å². The Bertz CT molecular complexity index is 279. The van der Waals surface area contributed by atoms with Crippen LogP contribution in [-0.2, 0) is 0 Å². The summed E-state index contributed by atoms with van der Waals surface area (Å²) >= 11 is 1.35. The first kappa shape index (κ1) is 8.02. The van der Waals surface area contributed by atoms with Crippen LogP contribution in [0.15, 0.2) is 17.4 Å². The zero-order valence-corrected chi connectivity index (χ0v) is 6.93. The lowest BCUT2D eigenvalue weighted by molar-refractivity contribution is 0.934. The van der Waals surface area contributed by atoms with Gasteiger partial charge in [-0.2, -0.15) is 5.26 Å². The largest absolute Gasteiger partial charge is 0.231 e. The first-order valence-corrected chi connectivity index (χ1v) is 4.11. The molecule has 0 saturated carbocycles. The van der Waals surface area contributed by atoms with E-state index in [4.69, 9.17) is 5.26 Å². The zero-order chi connectivity index (χ0) is 8.10. The highest BCUT2D eigenvalue weighted by atomic mass is 32.2. The third-order valence-corrected chi connectivity index (χ3v) is 1.77. The van der Waals surface area contributed by atoms with E-state index in [-0.39, 0.29) is 0 Å². The van der Waals surface area contributed by atoms with E-state index in [1.807, 2.05) is 19.1 Å². The smallest absolute Gasteiger partial charge is 0.188 e. The number of hydrogen-bond acceptors (Lipinski definition) is 4. The third kappa shape index (κ3) is 2.56. The van der Waals surface area contributed by atoms with Crippen molar-refractivity contribution in [3.05, 3.63) is 18.0 Å². The Morgan fingerprint density at radius 1 is 1.73 bits per heavy atom. The van der Waals surface area contributed by atoms with E-state index in [0.717, 1.165) is 5.69 Å². The van der Waals surface area contributed by atoms with Crippen molar-refractivity contribution in [2.75, 3.05) is 5.75 Å². The molecule has 0 aromatic carbocycles. The number of aromatic nitrogens is 2. The molecule has 0 radical (unpaired) electrons. The highest BCUT2D eigenvalue weighted by Crippen LogP contribution is 2.10. The van der Waals surface area contributed by atoms with Crippen molar-refractivity contribution in [1.82, 2.24) is 9.97 Å². The minimum Gasteiger partial charge on any atom is -0.231 e. The molecule has 0 bridgehead atoms. The molecule has 0 aliphatic carbocycles. The fraction of sp³-hybridized carbons (Fsp3) is 0.286. The molecule has 0 aliphatic heterocycles. The van der Waals surface area contributed by atoms with Gasteiger partial charge in [-0.15, -0.1) is 0 Å². The molecule has 56 valence electrons. The first-order valence-electron chi connectivity index (χ1n) is 3.12. The average molecular weight is 165 g/mol. The van der Waals surface area contributed by atoms with Gasteiger partial charge >= 0.3 is 0 Å².